The Bertz CT molecular complexity index is 594. The van der Waals surface area contributed by atoms with Gasteiger partial charge in [0.1, 0.15) is 4.75 Å². The number of thioether (sulfide) groups is 1. The second kappa shape index (κ2) is 6.80. The number of carbonyl (C=O) groups excluding carboxylic acids is 1. The number of amidine groups is 1. The van der Waals surface area contributed by atoms with Crippen LogP contribution in [0.1, 0.15) is 71.1 Å². The first-order valence-corrected chi connectivity index (χ1v) is 11.8. The van der Waals surface area contributed by atoms with Crippen LogP contribution in [0.25, 0.3) is 0 Å². The summed E-state index contributed by atoms with van der Waals surface area (Å²) in [4.78, 5) is 20.6. The van der Waals surface area contributed by atoms with Gasteiger partial charge in [-0.2, -0.15) is 0 Å². The summed E-state index contributed by atoms with van der Waals surface area (Å²) in [7, 11) is 0. The molecule has 3 saturated carbocycles. The van der Waals surface area contributed by atoms with E-state index >= 15 is 0 Å². The Morgan fingerprint density at radius 1 is 1.08 bits per heavy atom. The Morgan fingerprint density at radius 2 is 1.85 bits per heavy atom. The number of piperidine rings is 1. The smallest absolute Gasteiger partial charge is 0.242 e. The number of nitrogens with zero attached hydrogens (tertiary/aromatic N) is 2. The number of amides is 1. The van der Waals surface area contributed by atoms with Crippen molar-refractivity contribution in [3.8, 4) is 0 Å². The van der Waals surface area contributed by atoms with Crippen LogP contribution in [-0.4, -0.2) is 45.9 Å². The van der Waals surface area contributed by atoms with Gasteiger partial charge in [0.15, 0.2) is 5.17 Å². The minimum absolute atomic E-state index is 0.212. The van der Waals surface area contributed by atoms with Crippen molar-refractivity contribution in [2.24, 2.45) is 22.7 Å². The minimum Gasteiger partial charge on any atom is -0.304 e. The first kappa shape index (κ1) is 17.5. The van der Waals surface area contributed by atoms with E-state index in [9.17, 15) is 4.79 Å². The largest absolute Gasteiger partial charge is 0.304 e. The topological polar surface area (TPSA) is 44.7 Å². The number of hydrogen-bond donors (Lipinski definition) is 1. The summed E-state index contributed by atoms with van der Waals surface area (Å²) in [5, 5.41) is 4.08. The molecule has 4 nitrogen and oxygen atoms in total. The van der Waals surface area contributed by atoms with E-state index in [-0.39, 0.29) is 10.7 Å². The summed E-state index contributed by atoms with van der Waals surface area (Å²) in [6.07, 6.45) is 13.3. The predicted molar refractivity (Wildman–Crippen MR) is 107 cm³/mol. The van der Waals surface area contributed by atoms with Gasteiger partial charge in [-0.05, 0) is 82.7 Å². The number of rotatable bonds is 3. The maximum absolute atomic E-state index is 12.9. The SMILES string of the molecule is CC1(C2CCN(C3CCCC3)CC2)SC(=N[C@H]2C[C@H]3CC[C@H]2C3)NC1=O. The second-order valence-corrected chi connectivity index (χ2v) is 11.0. The van der Waals surface area contributed by atoms with Gasteiger partial charge in [-0.3, -0.25) is 9.79 Å². The van der Waals surface area contributed by atoms with E-state index in [1.807, 2.05) is 0 Å². The van der Waals surface area contributed by atoms with Crippen molar-refractivity contribution in [3.05, 3.63) is 0 Å². The second-order valence-electron chi connectivity index (χ2n) is 9.59. The van der Waals surface area contributed by atoms with Gasteiger partial charge in [0, 0.05) is 6.04 Å². The van der Waals surface area contributed by atoms with Gasteiger partial charge in [-0.1, -0.05) is 31.0 Å². The van der Waals surface area contributed by atoms with Crippen molar-refractivity contribution in [2.45, 2.75) is 88.0 Å². The standard InChI is InChI=1S/C21H33N3OS/c1-21(16-8-10-24(11-9-16)17-4-2-3-5-17)19(25)23-20(26-21)22-18-13-14-6-7-15(18)12-14/h14-18H,2-13H2,1H3,(H,22,23,25)/t14-,15-,18-,21?/m0/s1. The van der Waals surface area contributed by atoms with Crippen molar-refractivity contribution in [2.75, 3.05) is 13.1 Å². The molecule has 144 valence electrons. The summed E-state index contributed by atoms with van der Waals surface area (Å²) < 4.78 is -0.307. The number of nitrogens with one attached hydrogen (secondary N) is 1. The van der Waals surface area contributed by atoms with E-state index in [1.165, 1.54) is 64.5 Å². The van der Waals surface area contributed by atoms with Gasteiger partial charge in [-0.15, -0.1) is 0 Å². The lowest BCUT2D eigenvalue weighted by Crippen LogP contribution is -2.48. The lowest BCUT2D eigenvalue weighted by Gasteiger charge is -2.40. The quantitative estimate of drug-likeness (QED) is 0.816. The van der Waals surface area contributed by atoms with Gasteiger partial charge >= 0.3 is 0 Å². The minimum atomic E-state index is -0.307. The van der Waals surface area contributed by atoms with Crippen LogP contribution >= 0.6 is 11.8 Å². The van der Waals surface area contributed by atoms with E-state index in [1.54, 1.807) is 11.8 Å². The van der Waals surface area contributed by atoms with Gasteiger partial charge in [-0.25, -0.2) is 0 Å². The molecule has 1 amide bonds. The molecular formula is C21H33N3OS. The van der Waals surface area contributed by atoms with Crippen molar-refractivity contribution < 1.29 is 4.79 Å². The normalized spacial score (nSPS) is 43.7. The van der Waals surface area contributed by atoms with Crippen molar-refractivity contribution in [3.63, 3.8) is 0 Å². The summed E-state index contributed by atoms with van der Waals surface area (Å²) in [6, 6.07) is 1.30. The Balaban J connectivity index is 1.22. The summed E-state index contributed by atoms with van der Waals surface area (Å²) in [5.41, 5.74) is 0. The van der Waals surface area contributed by atoms with Gasteiger partial charge in [0.2, 0.25) is 5.91 Å². The molecule has 5 fully saturated rings. The Kier molecular flexibility index (Phi) is 4.59. The van der Waals surface area contributed by atoms with Crippen LogP contribution in [0.5, 0.6) is 0 Å². The van der Waals surface area contributed by atoms with Crippen LogP contribution in [0, 0.1) is 17.8 Å². The number of fused-ring (bicyclic) bond motifs is 2. The van der Waals surface area contributed by atoms with E-state index in [0.717, 1.165) is 35.9 Å². The Morgan fingerprint density at radius 3 is 2.50 bits per heavy atom. The lowest BCUT2D eigenvalue weighted by molar-refractivity contribution is -0.123. The molecule has 0 aromatic carbocycles. The molecule has 4 atom stereocenters. The first-order chi connectivity index (χ1) is 12.6. The molecule has 26 heavy (non-hydrogen) atoms. The van der Waals surface area contributed by atoms with Crippen LogP contribution in [-0.2, 0) is 4.79 Å². The summed E-state index contributed by atoms with van der Waals surface area (Å²) in [5.74, 6) is 2.39. The molecular weight excluding hydrogens is 342 g/mol. The molecule has 2 aliphatic heterocycles. The van der Waals surface area contributed by atoms with E-state index in [4.69, 9.17) is 4.99 Å². The highest BCUT2D eigenvalue weighted by Crippen LogP contribution is 2.48. The maximum Gasteiger partial charge on any atom is 0.242 e. The van der Waals surface area contributed by atoms with Gasteiger partial charge in [0.05, 0.1) is 6.04 Å². The number of hydrogen-bond acceptors (Lipinski definition) is 4. The van der Waals surface area contributed by atoms with Crippen LogP contribution in [0.3, 0.4) is 0 Å². The fourth-order valence-electron chi connectivity index (χ4n) is 6.43. The van der Waals surface area contributed by atoms with E-state index < -0.39 is 0 Å². The zero-order valence-corrected chi connectivity index (χ0v) is 16.9. The highest BCUT2D eigenvalue weighted by atomic mass is 32.2. The number of aliphatic imine (C=N–C) groups is 1. The van der Waals surface area contributed by atoms with E-state index in [2.05, 4.69) is 17.1 Å². The van der Waals surface area contributed by atoms with Gasteiger partial charge < -0.3 is 10.2 Å². The fourth-order valence-corrected chi connectivity index (χ4v) is 7.71. The molecule has 5 aliphatic rings. The molecule has 2 saturated heterocycles. The number of likely N-dealkylation sites (tertiary alicyclic amines) is 1. The molecule has 0 aromatic heterocycles. The molecule has 0 spiro atoms. The molecule has 5 rings (SSSR count). The maximum atomic E-state index is 12.9. The highest BCUT2D eigenvalue weighted by Gasteiger charge is 2.50. The molecule has 1 N–H and O–H groups in total. The molecule has 2 bridgehead atoms. The zero-order chi connectivity index (χ0) is 17.7. The first-order valence-electron chi connectivity index (χ1n) is 10.9. The predicted octanol–water partition coefficient (Wildman–Crippen LogP) is 3.81. The monoisotopic (exact) mass is 375 g/mol. The fraction of sp³-hybridized carbons (Fsp3) is 0.905. The van der Waals surface area contributed by atoms with Crippen molar-refractivity contribution in [1.82, 2.24) is 10.2 Å². The van der Waals surface area contributed by atoms with Gasteiger partial charge in [0.25, 0.3) is 0 Å². The van der Waals surface area contributed by atoms with E-state index in [0.29, 0.717) is 12.0 Å². The molecule has 0 aromatic rings. The molecule has 3 aliphatic carbocycles. The average molecular weight is 376 g/mol. The average Bonchev–Trinajstić information content (AvgIpc) is 3.42. The zero-order valence-electron chi connectivity index (χ0n) is 16.1. The van der Waals surface area contributed by atoms with Crippen LogP contribution in [0.4, 0.5) is 0 Å². The Labute approximate surface area is 161 Å². The third-order valence-corrected chi connectivity index (χ3v) is 9.46. The van der Waals surface area contributed by atoms with Crippen LogP contribution in [0.2, 0.25) is 0 Å². The van der Waals surface area contributed by atoms with Crippen LogP contribution in [0.15, 0.2) is 4.99 Å². The summed E-state index contributed by atoms with van der Waals surface area (Å²) in [6.45, 7) is 4.53. The summed E-state index contributed by atoms with van der Waals surface area (Å²) >= 11 is 1.75. The van der Waals surface area contributed by atoms with Crippen molar-refractivity contribution in [1.29, 1.82) is 0 Å². The highest BCUT2D eigenvalue weighted by molar-refractivity contribution is 8.16. The molecule has 0 radical (unpaired) electrons. The third-order valence-electron chi connectivity index (χ3n) is 8.11. The lowest BCUT2D eigenvalue weighted by atomic mass is 9.83. The molecule has 5 heteroatoms. The van der Waals surface area contributed by atoms with Crippen molar-refractivity contribution >= 4 is 22.8 Å². The third kappa shape index (κ3) is 3.03. The molecule has 1 unspecified atom stereocenters. The van der Waals surface area contributed by atoms with Crippen LogP contribution < -0.4 is 5.32 Å². The molecule has 2 heterocycles. The Hall–Kier alpha value is -0.550. The number of carbonyl (C=O) groups is 1.